The van der Waals surface area contributed by atoms with Gasteiger partial charge in [0.15, 0.2) is 5.92 Å². The first-order chi connectivity index (χ1) is 8.33. The van der Waals surface area contributed by atoms with Crippen molar-refractivity contribution in [2.24, 2.45) is 0 Å². The summed E-state index contributed by atoms with van der Waals surface area (Å²) in [6.07, 6.45) is -11.2. The quantitative estimate of drug-likeness (QED) is 0.611. The van der Waals surface area contributed by atoms with Crippen LogP contribution < -0.4 is 0 Å². The normalized spacial score (nSPS) is 13.9. The summed E-state index contributed by atoms with van der Waals surface area (Å²) in [7, 11) is 0.461. The summed E-state index contributed by atoms with van der Waals surface area (Å²) in [6, 6.07) is 2.36. The summed E-state index contributed by atoms with van der Waals surface area (Å²) in [5, 5.41) is 0. The lowest BCUT2D eigenvalue weighted by Gasteiger charge is -2.23. The first-order valence-corrected chi connectivity index (χ1v) is 6.82. The van der Waals surface area contributed by atoms with E-state index in [4.69, 9.17) is 10.7 Å². The van der Waals surface area contributed by atoms with Gasteiger partial charge in [-0.1, -0.05) is 12.1 Å². The van der Waals surface area contributed by atoms with Gasteiger partial charge in [0.25, 0.3) is 9.05 Å². The third-order valence-electron chi connectivity index (χ3n) is 2.13. The predicted molar refractivity (Wildman–Crippen MR) is 54.3 cm³/mol. The van der Waals surface area contributed by atoms with Gasteiger partial charge in [0.05, 0.1) is 4.90 Å². The Kier molecular flexibility index (Phi) is 4.12. The van der Waals surface area contributed by atoms with Gasteiger partial charge in [0.1, 0.15) is 0 Å². The Morgan fingerprint density at radius 3 is 1.84 bits per heavy atom. The lowest BCUT2D eigenvalue weighted by molar-refractivity contribution is -0.253. The summed E-state index contributed by atoms with van der Waals surface area (Å²) in [5.74, 6) is -3.77. The highest BCUT2D eigenvalue weighted by molar-refractivity contribution is 8.13. The molecule has 108 valence electrons. The van der Waals surface area contributed by atoms with E-state index in [1.807, 2.05) is 0 Å². The second-order valence-corrected chi connectivity index (χ2v) is 6.09. The number of benzene rings is 1. The third-order valence-corrected chi connectivity index (χ3v) is 3.48. The van der Waals surface area contributed by atoms with Gasteiger partial charge >= 0.3 is 12.4 Å². The second-order valence-electron chi connectivity index (χ2n) is 3.53. The average molecular weight is 327 g/mol. The zero-order valence-electron chi connectivity index (χ0n) is 8.76. The Labute approximate surface area is 108 Å². The molecule has 0 spiro atoms. The SMILES string of the molecule is O=S(=O)(Cl)c1cccc(C(C(F)(F)F)C(F)(F)F)c1. The van der Waals surface area contributed by atoms with Crippen LogP contribution >= 0.6 is 10.7 Å². The van der Waals surface area contributed by atoms with Gasteiger partial charge in [0.2, 0.25) is 0 Å². The molecule has 0 aliphatic heterocycles. The minimum Gasteiger partial charge on any atom is -0.207 e. The van der Waals surface area contributed by atoms with E-state index in [-0.39, 0.29) is 6.07 Å². The summed E-state index contributed by atoms with van der Waals surface area (Å²) >= 11 is 0. The van der Waals surface area contributed by atoms with Crippen LogP contribution in [0.4, 0.5) is 26.3 Å². The number of alkyl halides is 6. The molecule has 0 radical (unpaired) electrons. The van der Waals surface area contributed by atoms with Crippen LogP contribution in [0.15, 0.2) is 29.2 Å². The summed E-state index contributed by atoms with van der Waals surface area (Å²) in [5.41, 5.74) is -1.23. The molecular formula is C9H5ClF6O2S. The molecule has 0 fully saturated rings. The highest BCUT2D eigenvalue weighted by Gasteiger charge is 2.57. The topological polar surface area (TPSA) is 34.1 Å². The van der Waals surface area contributed by atoms with Crippen molar-refractivity contribution in [2.45, 2.75) is 23.2 Å². The van der Waals surface area contributed by atoms with E-state index in [0.29, 0.717) is 6.07 Å². The molecular weight excluding hydrogens is 322 g/mol. The molecule has 0 N–H and O–H groups in total. The van der Waals surface area contributed by atoms with Crippen LogP contribution in [0.3, 0.4) is 0 Å². The Morgan fingerprint density at radius 2 is 1.47 bits per heavy atom. The maximum Gasteiger partial charge on any atom is 0.404 e. The number of hydrogen-bond donors (Lipinski definition) is 0. The van der Waals surface area contributed by atoms with E-state index in [0.717, 1.165) is 12.1 Å². The molecule has 10 heteroatoms. The summed E-state index contributed by atoms with van der Waals surface area (Å²) < 4.78 is 96.4. The van der Waals surface area contributed by atoms with Crippen LogP contribution in [0.25, 0.3) is 0 Å². The second kappa shape index (κ2) is 4.86. The Balaban J connectivity index is 3.42. The van der Waals surface area contributed by atoms with E-state index < -0.39 is 37.8 Å². The highest BCUT2D eigenvalue weighted by atomic mass is 35.7. The first-order valence-electron chi connectivity index (χ1n) is 4.51. The first kappa shape index (κ1) is 16.1. The molecule has 1 aromatic rings. The van der Waals surface area contributed by atoms with Crippen LogP contribution in [0, 0.1) is 0 Å². The van der Waals surface area contributed by atoms with Crippen molar-refractivity contribution < 1.29 is 34.8 Å². The lowest BCUT2D eigenvalue weighted by atomic mass is 9.98. The fourth-order valence-electron chi connectivity index (χ4n) is 1.41. The Bertz CT molecular complexity index is 549. The molecule has 0 heterocycles. The van der Waals surface area contributed by atoms with Crippen molar-refractivity contribution in [1.29, 1.82) is 0 Å². The monoisotopic (exact) mass is 326 g/mol. The summed E-state index contributed by atoms with van der Waals surface area (Å²) in [6.45, 7) is 0. The zero-order chi connectivity index (χ0) is 15.1. The predicted octanol–water partition coefficient (Wildman–Crippen LogP) is 3.82. The molecule has 0 saturated carbocycles. The minimum absolute atomic E-state index is 0.258. The smallest absolute Gasteiger partial charge is 0.207 e. The van der Waals surface area contributed by atoms with Crippen molar-refractivity contribution in [3.8, 4) is 0 Å². The van der Waals surface area contributed by atoms with Crippen molar-refractivity contribution in [1.82, 2.24) is 0 Å². The standard InChI is InChI=1S/C9H5ClF6O2S/c10-19(17,18)6-3-1-2-5(4-6)7(8(11,12)13)9(14,15)16/h1-4,7H. The lowest BCUT2D eigenvalue weighted by Crippen LogP contribution is -2.34. The molecule has 0 aliphatic carbocycles. The maximum atomic E-state index is 12.4. The molecule has 19 heavy (non-hydrogen) atoms. The summed E-state index contributed by atoms with van der Waals surface area (Å²) in [4.78, 5) is -0.829. The van der Waals surface area contributed by atoms with Gasteiger partial charge in [-0.25, -0.2) is 8.42 Å². The Hall–Kier alpha value is -0.960. The van der Waals surface area contributed by atoms with Gasteiger partial charge in [0, 0.05) is 10.7 Å². The fourth-order valence-corrected chi connectivity index (χ4v) is 2.22. The van der Waals surface area contributed by atoms with Crippen molar-refractivity contribution in [3.05, 3.63) is 29.8 Å². The molecule has 0 unspecified atom stereocenters. The van der Waals surface area contributed by atoms with E-state index in [2.05, 4.69) is 0 Å². The molecule has 1 aromatic carbocycles. The van der Waals surface area contributed by atoms with Crippen LogP contribution in [0.2, 0.25) is 0 Å². The van der Waals surface area contributed by atoms with Crippen LogP contribution in [-0.4, -0.2) is 20.8 Å². The van der Waals surface area contributed by atoms with E-state index in [9.17, 15) is 34.8 Å². The van der Waals surface area contributed by atoms with Crippen molar-refractivity contribution in [3.63, 3.8) is 0 Å². The Morgan fingerprint density at radius 1 is 1.00 bits per heavy atom. The minimum atomic E-state index is -5.59. The highest BCUT2D eigenvalue weighted by Crippen LogP contribution is 2.46. The van der Waals surface area contributed by atoms with Crippen LogP contribution in [-0.2, 0) is 9.05 Å². The number of halogens is 7. The average Bonchev–Trinajstić information content (AvgIpc) is 2.11. The third kappa shape index (κ3) is 4.00. The van der Waals surface area contributed by atoms with Gasteiger partial charge < -0.3 is 0 Å². The van der Waals surface area contributed by atoms with Gasteiger partial charge in [-0.2, -0.15) is 26.3 Å². The molecule has 0 atom stereocenters. The van der Waals surface area contributed by atoms with E-state index in [1.165, 1.54) is 0 Å². The molecule has 0 amide bonds. The number of rotatable bonds is 2. The fraction of sp³-hybridized carbons (Fsp3) is 0.333. The van der Waals surface area contributed by atoms with Crippen molar-refractivity contribution in [2.75, 3.05) is 0 Å². The van der Waals surface area contributed by atoms with Crippen molar-refractivity contribution >= 4 is 19.7 Å². The van der Waals surface area contributed by atoms with Gasteiger partial charge in [-0.3, -0.25) is 0 Å². The molecule has 0 aliphatic rings. The molecule has 0 bridgehead atoms. The van der Waals surface area contributed by atoms with Crippen LogP contribution in [0.1, 0.15) is 11.5 Å². The molecule has 1 rings (SSSR count). The van der Waals surface area contributed by atoms with Gasteiger partial charge in [-0.15, -0.1) is 0 Å². The molecule has 0 saturated heterocycles. The maximum absolute atomic E-state index is 12.4. The van der Waals surface area contributed by atoms with E-state index >= 15 is 0 Å². The van der Waals surface area contributed by atoms with Gasteiger partial charge in [-0.05, 0) is 17.7 Å². The number of hydrogen-bond acceptors (Lipinski definition) is 2. The van der Waals surface area contributed by atoms with Crippen LogP contribution in [0.5, 0.6) is 0 Å². The zero-order valence-corrected chi connectivity index (χ0v) is 10.3. The van der Waals surface area contributed by atoms with E-state index in [1.54, 1.807) is 0 Å². The molecule has 2 nitrogen and oxygen atoms in total. The molecule has 0 aromatic heterocycles. The largest absolute Gasteiger partial charge is 0.404 e.